The van der Waals surface area contributed by atoms with Gasteiger partial charge in [-0.15, -0.1) is 0 Å². The molecule has 0 heterocycles. The van der Waals surface area contributed by atoms with E-state index in [9.17, 15) is 14.4 Å². The molecule has 0 fully saturated rings. The van der Waals surface area contributed by atoms with Gasteiger partial charge in [-0.3, -0.25) is 9.59 Å². The van der Waals surface area contributed by atoms with Crippen LogP contribution in [0.5, 0.6) is 0 Å². The maximum absolute atomic E-state index is 14.5. The zero-order chi connectivity index (χ0) is 31.4. The van der Waals surface area contributed by atoms with Gasteiger partial charge in [0.05, 0.1) is 6.42 Å². The predicted octanol–water partition coefficient (Wildman–Crippen LogP) is 8.53. The number of Topliss-reactive ketones (excluding diaryl/α,β-unsaturated/α-hetero) is 1. The molecule has 2 aromatic carbocycles. The van der Waals surface area contributed by atoms with E-state index in [0.717, 1.165) is 0 Å². The molecular formula is C33H47ClO6Si. The Hall–Kier alpha value is -2.48. The van der Waals surface area contributed by atoms with Crippen molar-refractivity contribution in [2.75, 3.05) is 0 Å². The van der Waals surface area contributed by atoms with Crippen molar-refractivity contribution in [3.8, 4) is 0 Å². The molecule has 0 aliphatic heterocycles. The van der Waals surface area contributed by atoms with E-state index in [1.807, 2.05) is 19.2 Å². The number of benzene rings is 2. The second-order valence-corrected chi connectivity index (χ2v) is 19.3. The molecule has 2 rings (SSSR count). The van der Waals surface area contributed by atoms with Crippen LogP contribution in [0.25, 0.3) is 0 Å². The Labute approximate surface area is 252 Å². The highest BCUT2D eigenvalue weighted by Crippen LogP contribution is 2.47. The van der Waals surface area contributed by atoms with Crippen LogP contribution in [-0.2, 0) is 23.5 Å². The number of halogens is 1. The SMILES string of the molecule is CC(C)(C)OC(=O)C[C@](O[Si](C)(C)C(C)(C)C)(C(=O)OC(C)(C)C)[C@@H](CC(=O)c1ccccc1)c1ccc(Cl)cc1. The van der Waals surface area contributed by atoms with Gasteiger partial charge in [-0.1, -0.05) is 74.8 Å². The summed E-state index contributed by atoms with van der Waals surface area (Å²) in [7, 11) is -2.79. The lowest BCUT2D eigenvalue weighted by Gasteiger charge is -2.48. The Morgan fingerprint density at radius 1 is 0.780 bits per heavy atom. The number of carbonyl (C=O) groups is 3. The summed E-state index contributed by atoms with van der Waals surface area (Å²) in [4.78, 5) is 41.9. The summed E-state index contributed by atoms with van der Waals surface area (Å²) in [6, 6.07) is 15.8. The van der Waals surface area contributed by atoms with Gasteiger partial charge in [-0.2, -0.15) is 0 Å². The fourth-order valence-corrected chi connectivity index (χ4v) is 5.87. The third kappa shape index (κ3) is 9.79. The van der Waals surface area contributed by atoms with E-state index >= 15 is 0 Å². The average molecular weight is 603 g/mol. The molecule has 0 bridgehead atoms. The molecule has 8 heteroatoms. The molecule has 2 atom stereocenters. The molecule has 0 spiro atoms. The first-order chi connectivity index (χ1) is 18.6. The normalized spacial score (nSPS) is 15.0. The van der Waals surface area contributed by atoms with Crippen molar-refractivity contribution in [2.45, 2.75) is 116 Å². The molecule has 0 saturated carbocycles. The van der Waals surface area contributed by atoms with E-state index < -0.39 is 49.4 Å². The first kappa shape index (κ1) is 34.7. The van der Waals surface area contributed by atoms with Gasteiger partial charge < -0.3 is 13.9 Å². The third-order valence-electron chi connectivity index (χ3n) is 7.14. The van der Waals surface area contributed by atoms with Crippen LogP contribution >= 0.6 is 11.6 Å². The van der Waals surface area contributed by atoms with Crippen LogP contribution in [0.4, 0.5) is 0 Å². The second kappa shape index (κ2) is 12.8. The minimum Gasteiger partial charge on any atom is -0.460 e. The van der Waals surface area contributed by atoms with Gasteiger partial charge in [0.25, 0.3) is 0 Å². The Bertz CT molecular complexity index is 1200. The van der Waals surface area contributed by atoms with Crippen molar-refractivity contribution in [3.05, 3.63) is 70.7 Å². The summed E-state index contributed by atoms with van der Waals surface area (Å²) in [6.07, 6.45) is -0.538. The van der Waals surface area contributed by atoms with Crippen molar-refractivity contribution in [1.82, 2.24) is 0 Å². The maximum atomic E-state index is 14.5. The van der Waals surface area contributed by atoms with Crippen LogP contribution in [0.2, 0.25) is 23.2 Å². The van der Waals surface area contributed by atoms with Crippen molar-refractivity contribution >= 4 is 37.6 Å². The van der Waals surface area contributed by atoms with Gasteiger partial charge in [-0.05, 0) is 77.4 Å². The summed E-state index contributed by atoms with van der Waals surface area (Å²) in [5.41, 5.74) is -2.43. The summed E-state index contributed by atoms with van der Waals surface area (Å²) in [5, 5.41) is 0.171. The smallest absolute Gasteiger partial charge is 0.339 e. The molecule has 2 aromatic rings. The highest BCUT2D eigenvalue weighted by Gasteiger charge is 2.57. The summed E-state index contributed by atoms with van der Waals surface area (Å²) in [5.74, 6) is -2.40. The maximum Gasteiger partial charge on any atom is 0.339 e. The van der Waals surface area contributed by atoms with Gasteiger partial charge in [0.2, 0.25) is 0 Å². The zero-order valence-electron chi connectivity index (χ0n) is 26.5. The lowest BCUT2D eigenvalue weighted by molar-refractivity contribution is -0.185. The van der Waals surface area contributed by atoms with Crippen LogP contribution in [0.3, 0.4) is 0 Å². The fraction of sp³-hybridized carbons (Fsp3) is 0.545. The molecule has 0 amide bonds. The summed E-state index contributed by atoms with van der Waals surface area (Å²) in [6.45, 7) is 20.8. The summed E-state index contributed by atoms with van der Waals surface area (Å²) >= 11 is 6.25. The minimum absolute atomic E-state index is 0.109. The molecule has 0 aliphatic rings. The van der Waals surface area contributed by atoms with E-state index in [1.165, 1.54) is 0 Å². The minimum atomic E-state index is -2.79. The van der Waals surface area contributed by atoms with E-state index in [0.29, 0.717) is 16.1 Å². The molecule has 0 aromatic heterocycles. The Morgan fingerprint density at radius 2 is 1.29 bits per heavy atom. The lowest BCUT2D eigenvalue weighted by Crippen LogP contribution is -2.59. The van der Waals surface area contributed by atoms with Crippen LogP contribution in [0.1, 0.15) is 97.0 Å². The highest BCUT2D eigenvalue weighted by molar-refractivity contribution is 6.74. The number of hydrogen-bond acceptors (Lipinski definition) is 6. The molecule has 0 saturated heterocycles. The quantitative estimate of drug-likeness (QED) is 0.154. The van der Waals surface area contributed by atoms with Crippen molar-refractivity contribution in [2.24, 2.45) is 0 Å². The average Bonchev–Trinajstić information content (AvgIpc) is 2.80. The zero-order valence-corrected chi connectivity index (χ0v) is 28.3. The predicted molar refractivity (Wildman–Crippen MR) is 167 cm³/mol. The highest BCUT2D eigenvalue weighted by atomic mass is 35.5. The topological polar surface area (TPSA) is 78.9 Å². The number of rotatable bonds is 10. The molecule has 0 unspecified atom stereocenters. The molecule has 0 radical (unpaired) electrons. The number of ketones is 1. The molecule has 6 nitrogen and oxygen atoms in total. The van der Waals surface area contributed by atoms with Gasteiger partial charge >= 0.3 is 11.9 Å². The lowest BCUT2D eigenvalue weighted by atomic mass is 9.76. The Balaban J connectivity index is 2.92. The van der Waals surface area contributed by atoms with Gasteiger partial charge in [0.15, 0.2) is 19.7 Å². The van der Waals surface area contributed by atoms with Gasteiger partial charge in [0, 0.05) is 22.9 Å². The van der Waals surface area contributed by atoms with Crippen molar-refractivity contribution in [1.29, 1.82) is 0 Å². The fourth-order valence-electron chi connectivity index (χ4n) is 4.23. The molecular weight excluding hydrogens is 556 g/mol. The Kier molecular flexibility index (Phi) is 10.8. The van der Waals surface area contributed by atoms with Crippen LogP contribution in [0, 0.1) is 0 Å². The first-order valence-corrected chi connectivity index (χ1v) is 17.3. The van der Waals surface area contributed by atoms with E-state index in [-0.39, 0.29) is 17.2 Å². The van der Waals surface area contributed by atoms with Gasteiger partial charge in [-0.25, -0.2) is 4.79 Å². The molecule has 0 aliphatic carbocycles. The van der Waals surface area contributed by atoms with Gasteiger partial charge in [0.1, 0.15) is 11.2 Å². The monoisotopic (exact) mass is 602 g/mol. The van der Waals surface area contributed by atoms with Crippen LogP contribution in [-0.4, -0.2) is 42.8 Å². The largest absolute Gasteiger partial charge is 0.460 e. The standard InChI is InChI=1S/C33H47ClO6Si/c1-30(2,3)38-28(36)22-33(29(37)39-31(4,5)6,40-41(10,11)32(7,8)9)26(23-17-19-25(34)20-18-23)21-27(35)24-15-13-12-14-16-24/h12-20,26H,21-22H2,1-11H3/t26-,33+/m0/s1. The number of carbonyl (C=O) groups excluding carboxylic acids is 3. The van der Waals surface area contributed by atoms with E-state index in [4.69, 9.17) is 25.5 Å². The number of esters is 2. The molecule has 226 valence electrons. The molecule has 0 N–H and O–H groups in total. The first-order valence-electron chi connectivity index (χ1n) is 14.1. The van der Waals surface area contributed by atoms with Crippen LogP contribution < -0.4 is 0 Å². The Morgan fingerprint density at radius 3 is 1.76 bits per heavy atom. The molecule has 41 heavy (non-hydrogen) atoms. The van der Waals surface area contributed by atoms with Crippen LogP contribution in [0.15, 0.2) is 54.6 Å². The summed E-state index contributed by atoms with van der Waals surface area (Å²) < 4.78 is 18.8. The van der Waals surface area contributed by atoms with Crippen molar-refractivity contribution in [3.63, 3.8) is 0 Å². The third-order valence-corrected chi connectivity index (χ3v) is 11.9. The second-order valence-electron chi connectivity index (χ2n) is 14.1. The van der Waals surface area contributed by atoms with E-state index in [1.54, 1.807) is 90.1 Å². The number of ether oxygens (including phenoxy) is 2. The van der Waals surface area contributed by atoms with Crippen molar-refractivity contribution < 1.29 is 28.3 Å². The van der Waals surface area contributed by atoms with E-state index in [2.05, 4.69) is 20.8 Å². The number of hydrogen-bond donors (Lipinski definition) is 0.